The lowest BCUT2D eigenvalue weighted by atomic mass is 10.1. The molecule has 0 heterocycles. The fraction of sp³-hybridized carbons (Fsp3) is 0.125. The van der Waals surface area contributed by atoms with Crippen molar-refractivity contribution in [3.8, 4) is 6.07 Å². The minimum atomic E-state index is -1.04. The summed E-state index contributed by atoms with van der Waals surface area (Å²) in [4.78, 5) is 0. The summed E-state index contributed by atoms with van der Waals surface area (Å²) in [6.45, 7) is 0. The van der Waals surface area contributed by atoms with Gasteiger partial charge in [0.1, 0.15) is 0 Å². The van der Waals surface area contributed by atoms with E-state index in [0.29, 0.717) is 0 Å². The topological polar surface area (TPSA) is 23.8 Å². The maximum Gasteiger partial charge on any atom is 0.164 e. The summed E-state index contributed by atoms with van der Waals surface area (Å²) in [5.41, 5.74) is -0.0841. The molecule has 0 fully saturated rings. The number of hydrogen-bond donors (Lipinski definition) is 0. The van der Waals surface area contributed by atoms with Crippen molar-refractivity contribution in [3.63, 3.8) is 0 Å². The van der Waals surface area contributed by atoms with Crippen LogP contribution in [0.5, 0.6) is 0 Å². The van der Waals surface area contributed by atoms with Gasteiger partial charge in [0.05, 0.1) is 12.5 Å². The molecule has 0 unspecified atom stereocenters. The zero-order valence-corrected chi connectivity index (χ0v) is 6.70. The second-order valence-electron chi connectivity index (χ2n) is 2.16. The standard InChI is InChI=1S/C8H4ClF2N/c9-6-1-2-7(10)8(11)5(6)3-4-12/h1-2H,3H2. The van der Waals surface area contributed by atoms with Gasteiger partial charge in [-0.1, -0.05) is 11.6 Å². The third kappa shape index (κ3) is 1.54. The predicted molar refractivity (Wildman–Crippen MR) is 40.7 cm³/mol. The fourth-order valence-corrected chi connectivity index (χ4v) is 1.02. The van der Waals surface area contributed by atoms with Gasteiger partial charge in [0.15, 0.2) is 11.6 Å². The zero-order chi connectivity index (χ0) is 9.14. The first-order valence-corrected chi connectivity index (χ1v) is 3.54. The van der Waals surface area contributed by atoms with Gasteiger partial charge in [0.25, 0.3) is 0 Å². The lowest BCUT2D eigenvalue weighted by Crippen LogP contribution is -1.93. The van der Waals surface area contributed by atoms with Gasteiger partial charge in [-0.2, -0.15) is 5.26 Å². The molecule has 1 nitrogen and oxygen atoms in total. The van der Waals surface area contributed by atoms with Crippen LogP contribution in [0.4, 0.5) is 8.78 Å². The molecule has 0 spiro atoms. The minimum absolute atomic E-state index is 0.0791. The van der Waals surface area contributed by atoms with E-state index >= 15 is 0 Å². The number of benzene rings is 1. The Labute approximate surface area is 73.2 Å². The van der Waals surface area contributed by atoms with Crippen molar-refractivity contribution in [3.05, 3.63) is 34.4 Å². The SMILES string of the molecule is N#CCc1c(Cl)ccc(F)c1F. The average Bonchev–Trinajstić information content (AvgIpc) is 2.06. The van der Waals surface area contributed by atoms with Gasteiger partial charge in [-0.3, -0.25) is 0 Å². The second-order valence-corrected chi connectivity index (χ2v) is 2.56. The summed E-state index contributed by atoms with van der Waals surface area (Å²) >= 11 is 5.52. The van der Waals surface area contributed by atoms with Crippen molar-refractivity contribution in [1.82, 2.24) is 0 Å². The van der Waals surface area contributed by atoms with Crippen molar-refractivity contribution in [2.45, 2.75) is 6.42 Å². The van der Waals surface area contributed by atoms with Gasteiger partial charge in [-0.15, -0.1) is 0 Å². The summed E-state index contributed by atoms with van der Waals surface area (Å²) in [6.07, 6.45) is -0.220. The Kier molecular flexibility index (Phi) is 2.61. The second kappa shape index (κ2) is 3.51. The molecule has 1 aromatic rings. The Balaban J connectivity index is 3.25. The molecule has 0 aliphatic carbocycles. The average molecular weight is 188 g/mol. The van der Waals surface area contributed by atoms with E-state index in [0.717, 1.165) is 6.07 Å². The van der Waals surface area contributed by atoms with Crippen molar-refractivity contribution in [2.75, 3.05) is 0 Å². The highest BCUT2D eigenvalue weighted by Crippen LogP contribution is 2.21. The van der Waals surface area contributed by atoms with E-state index < -0.39 is 11.6 Å². The number of rotatable bonds is 1. The number of nitrogens with zero attached hydrogens (tertiary/aromatic N) is 1. The Morgan fingerprint density at radius 2 is 2.08 bits per heavy atom. The molecule has 0 saturated carbocycles. The molecule has 0 saturated heterocycles. The smallest absolute Gasteiger partial charge is 0.164 e. The highest BCUT2D eigenvalue weighted by atomic mass is 35.5. The van der Waals surface area contributed by atoms with Crippen LogP contribution in [0.2, 0.25) is 5.02 Å². The van der Waals surface area contributed by atoms with E-state index in [1.54, 1.807) is 6.07 Å². The molecular weight excluding hydrogens is 184 g/mol. The van der Waals surface area contributed by atoms with Gasteiger partial charge in [-0.25, -0.2) is 8.78 Å². The molecule has 0 amide bonds. The third-order valence-electron chi connectivity index (χ3n) is 1.39. The molecule has 1 aromatic carbocycles. The lowest BCUT2D eigenvalue weighted by Gasteiger charge is -2.00. The summed E-state index contributed by atoms with van der Waals surface area (Å²) < 4.78 is 25.4. The highest BCUT2D eigenvalue weighted by Gasteiger charge is 2.11. The van der Waals surface area contributed by atoms with Crippen LogP contribution in [0.25, 0.3) is 0 Å². The predicted octanol–water partition coefficient (Wildman–Crippen LogP) is 2.68. The van der Waals surface area contributed by atoms with Crippen LogP contribution < -0.4 is 0 Å². The van der Waals surface area contributed by atoms with E-state index in [9.17, 15) is 8.78 Å². The van der Waals surface area contributed by atoms with Crippen LogP contribution in [0.3, 0.4) is 0 Å². The maximum absolute atomic E-state index is 12.8. The molecular formula is C8H4ClF2N. The van der Waals surface area contributed by atoms with Crippen LogP contribution >= 0.6 is 11.6 Å². The van der Waals surface area contributed by atoms with Crippen LogP contribution in [0.15, 0.2) is 12.1 Å². The summed E-state index contributed by atoms with van der Waals surface area (Å²) in [7, 11) is 0. The first-order chi connectivity index (χ1) is 5.66. The van der Waals surface area contributed by atoms with Crippen molar-refractivity contribution >= 4 is 11.6 Å². The number of hydrogen-bond acceptors (Lipinski definition) is 1. The highest BCUT2D eigenvalue weighted by molar-refractivity contribution is 6.31. The number of halogens is 3. The Morgan fingerprint density at radius 3 is 2.67 bits per heavy atom. The minimum Gasteiger partial charge on any atom is -0.204 e. The monoisotopic (exact) mass is 187 g/mol. The van der Waals surface area contributed by atoms with E-state index in [1.165, 1.54) is 6.07 Å². The number of nitriles is 1. The molecule has 0 aromatic heterocycles. The summed E-state index contributed by atoms with van der Waals surface area (Å²) in [6, 6.07) is 3.86. The van der Waals surface area contributed by atoms with Crippen molar-refractivity contribution < 1.29 is 8.78 Å². The van der Waals surface area contributed by atoms with Gasteiger partial charge < -0.3 is 0 Å². The lowest BCUT2D eigenvalue weighted by molar-refractivity contribution is 0.501. The van der Waals surface area contributed by atoms with E-state index in [2.05, 4.69) is 0 Å². The molecule has 0 aliphatic rings. The molecule has 62 valence electrons. The van der Waals surface area contributed by atoms with E-state index in [-0.39, 0.29) is 17.0 Å². The van der Waals surface area contributed by atoms with Gasteiger partial charge in [0, 0.05) is 10.6 Å². The molecule has 4 heteroatoms. The molecule has 1 rings (SSSR count). The van der Waals surface area contributed by atoms with Gasteiger partial charge in [0.2, 0.25) is 0 Å². The quantitative estimate of drug-likeness (QED) is 0.620. The van der Waals surface area contributed by atoms with Crippen LogP contribution in [0.1, 0.15) is 5.56 Å². The summed E-state index contributed by atoms with van der Waals surface area (Å²) in [5.74, 6) is -2.02. The third-order valence-corrected chi connectivity index (χ3v) is 1.75. The largest absolute Gasteiger partial charge is 0.204 e. The first kappa shape index (κ1) is 8.95. The Bertz CT molecular complexity index is 344. The van der Waals surface area contributed by atoms with Crippen LogP contribution in [-0.4, -0.2) is 0 Å². The fourth-order valence-electron chi connectivity index (χ4n) is 0.810. The van der Waals surface area contributed by atoms with Gasteiger partial charge >= 0.3 is 0 Å². The molecule has 0 N–H and O–H groups in total. The van der Waals surface area contributed by atoms with Crippen molar-refractivity contribution in [1.29, 1.82) is 5.26 Å². The van der Waals surface area contributed by atoms with E-state index in [4.69, 9.17) is 16.9 Å². The van der Waals surface area contributed by atoms with Crippen LogP contribution in [-0.2, 0) is 6.42 Å². The Hall–Kier alpha value is -1.14. The first-order valence-electron chi connectivity index (χ1n) is 3.16. The van der Waals surface area contributed by atoms with Crippen molar-refractivity contribution in [2.24, 2.45) is 0 Å². The molecule has 0 radical (unpaired) electrons. The van der Waals surface area contributed by atoms with Gasteiger partial charge in [-0.05, 0) is 12.1 Å². The molecule has 0 bridgehead atoms. The molecule has 12 heavy (non-hydrogen) atoms. The van der Waals surface area contributed by atoms with E-state index in [1.807, 2.05) is 0 Å². The normalized spacial score (nSPS) is 9.50. The Morgan fingerprint density at radius 1 is 1.42 bits per heavy atom. The van der Waals surface area contributed by atoms with Crippen LogP contribution in [0, 0.1) is 23.0 Å². The zero-order valence-electron chi connectivity index (χ0n) is 5.94. The molecule has 0 atom stereocenters. The summed E-state index contributed by atoms with van der Waals surface area (Å²) in [5, 5.41) is 8.34. The maximum atomic E-state index is 12.8. The molecule has 0 aliphatic heterocycles.